The summed E-state index contributed by atoms with van der Waals surface area (Å²) < 4.78 is 16.0. The lowest BCUT2D eigenvalue weighted by molar-refractivity contribution is 0.122. The maximum absolute atomic E-state index is 5.34. The van der Waals surface area contributed by atoms with Crippen molar-refractivity contribution in [3.63, 3.8) is 0 Å². The van der Waals surface area contributed by atoms with Gasteiger partial charge in [-0.15, -0.1) is 0 Å². The number of hydrogen-bond acceptors (Lipinski definition) is 4. The van der Waals surface area contributed by atoms with E-state index < -0.39 is 8.80 Å². The molecule has 15 heavy (non-hydrogen) atoms. The molecule has 0 aromatic rings. The van der Waals surface area contributed by atoms with Gasteiger partial charge in [0.15, 0.2) is 0 Å². The SMILES string of the molecule is CO[Si](CCCNC(C)(C)C)(OC)OC. The van der Waals surface area contributed by atoms with Gasteiger partial charge in [-0.25, -0.2) is 0 Å². The Hall–Kier alpha value is 0.0569. The van der Waals surface area contributed by atoms with Gasteiger partial charge in [-0.05, 0) is 33.7 Å². The molecular weight excluding hydrogens is 210 g/mol. The van der Waals surface area contributed by atoms with Crippen LogP contribution in [-0.2, 0) is 13.3 Å². The lowest BCUT2D eigenvalue weighted by Crippen LogP contribution is -2.44. The molecule has 0 heterocycles. The highest BCUT2D eigenvalue weighted by Crippen LogP contribution is 2.14. The molecule has 0 atom stereocenters. The molecule has 0 saturated heterocycles. The van der Waals surface area contributed by atoms with E-state index in [0.29, 0.717) is 0 Å². The van der Waals surface area contributed by atoms with Crippen LogP contribution in [0.4, 0.5) is 0 Å². The van der Waals surface area contributed by atoms with Gasteiger partial charge in [-0.1, -0.05) is 0 Å². The van der Waals surface area contributed by atoms with Gasteiger partial charge in [-0.2, -0.15) is 0 Å². The van der Waals surface area contributed by atoms with Crippen molar-refractivity contribution in [1.82, 2.24) is 5.32 Å². The van der Waals surface area contributed by atoms with Crippen LogP contribution in [0.2, 0.25) is 6.04 Å². The van der Waals surface area contributed by atoms with E-state index in [4.69, 9.17) is 13.3 Å². The standard InChI is InChI=1S/C10H25NO3Si/c1-10(2,3)11-8-7-9-15(12-4,13-5)14-6/h11H,7-9H2,1-6H3. The smallest absolute Gasteiger partial charge is 0.377 e. The summed E-state index contributed by atoms with van der Waals surface area (Å²) in [7, 11) is 2.59. The molecule has 0 aliphatic carbocycles. The van der Waals surface area contributed by atoms with Gasteiger partial charge in [0.05, 0.1) is 0 Å². The predicted octanol–water partition coefficient (Wildman–Crippen LogP) is 1.64. The zero-order valence-electron chi connectivity index (χ0n) is 10.8. The van der Waals surface area contributed by atoms with E-state index >= 15 is 0 Å². The topological polar surface area (TPSA) is 39.7 Å². The molecule has 0 aromatic carbocycles. The molecule has 0 radical (unpaired) electrons. The van der Waals surface area contributed by atoms with Gasteiger partial charge < -0.3 is 18.6 Å². The molecule has 4 nitrogen and oxygen atoms in total. The monoisotopic (exact) mass is 235 g/mol. The molecule has 0 aliphatic heterocycles. The average Bonchev–Trinajstić information content (AvgIpc) is 2.18. The molecular formula is C10H25NO3Si. The molecule has 0 aliphatic rings. The molecule has 0 aromatic heterocycles. The van der Waals surface area contributed by atoms with E-state index in [1.165, 1.54) is 0 Å². The van der Waals surface area contributed by atoms with Crippen molar-refractivity contribution >= 4 is 8.80 Å². The van der Waals surface area contributed by atoms with Crippen molar-refractivity contribution in [3.8, 4) is 0 Å². The highest BCUT2D eigenvalue weighted by atomic mass is 28.4. The van der Waals surface area contributed by atoms with Gasteiger partial charge >= 0.3 is 8.80 Å². The first kappa shape index (κ1) is 15.1. The Bertz CT molecular complexity index is 158. The summed E-state index contributed by atoms with van der Waals surface area (Å²) >= 11 is 0. The van der Waals surface area contributed by atoms with Gasteiger partial charge in [0.25, 0.3) is 0 Å². The summed E-state index contributed by atoms with van der Waals surface area (Å²) in [5.74, 6) is 0. The second kappa shape index (κ2) is 6.60. The van der Waals surface area contributed by atoms with Gasteiger partial charge in [-0.3, -0.25) is 0 Å². The van der Waals surface area contributed by atoms with Crippen LogP contribution in [0.25, 0.3) is 0 Å². The number of rotatable bonds is 7. The van der Waals surface area contributed by atoms with Crippen LogP contribution in [0.3, 0.4) is 0 Å². The predicted molar refractivity (Wildman–Crippen MR) is 64.0 cm³/mol. The maximum Gasteiger partial charge on any atom is 0.500 e. The molecule has 0 amide bonds. The van der Waals surface area contributed by atoms with Crippen LogP contribution in [0.5, 0.6) is 0 Å². The lowest BCUT2D eigenvalue weighted by atomic mass is 10.1. The van der Waals surface area contributed by atoms with Gasteiger partial charge in [0.1, 0.15) is 0 Å². The van der Waals surface area contributed by atoms with Crippen LogP contribution in [-0.4, -0.2) is 42.2 Å². The zero-order chi connectivity index (χ0) is 11.9. The Morgan fingerprint density at radius 2 is 1.47 bits per heavy atom. The van der Waals surface area contributed by atoms with Crippen molar-refractivity contribution in [3.05, 3.63) is 0 Å². The normalized spacial score (nSPS) is 13.2. The fraction of sp³-hybridized carbons (Fsp3) is 1.00. The fourth-order valence-electron chi connectivity index (χ4n) is 1.32. The minimum atomic E-state index is -2.35. The summed E-state index contributed by atoms with van der Waals surface area (Å²) in [6, 6.07) is 0.847. The van der Waals surface area contributed by atoms with Crippen molar-refractivity contribution in [2.75, 3.05) is 27.9 Å². The first-order valence-electron chi connectivity index (χ1n) is 5.29. The first-order valence-corrected chi connectivity index (χ1v) is 7.23. The van der Waals surface area contributed by atoms with E-state index in [2.05, 4.69) is 26.1 Å². The number of hydrogen-bond donors (Lipinski definition) is 1. The van der Waals surface area contributed by atoms with Crippen LogP contribution in [0.15, 0.2) is 0 Å². The van der Waals surface area contributed by atoms with E-state index in [1.54, 1.807) is 21.3 Å². The molecule has 5 heteroatoms. The van der Waals surface area contributed by atoms with E-state index in [1.807, 2.05) is 0 Å². The highest BCUT2D eigenvalue weighted by Gasteiger charge is 2.36. The molecule has 1 N–H and O–H groups in total. The van der Waals surface area contributed by atoms with Crippen LogP contribution >= 0.6 is 0 Å². The molecule has 0 rings (SSSR count). The molecule has 0 bridgehead atoms. The fourth-order valence-corrected chi connectivity index (χ4v) is 3.05. The highest BCUT2D eigenvalue weighted by molar-refractivity contribution is 6.60. The molecule has 0 unspecified atom stereocenters. The Kier molecular flexibility index (Phi) is 6.62. The third kappa shape index (κ3) is 6.27. The van der Waals surface area contributed by atoms with Crippen molar-refractivity contribution in [2.24, 2.45) is 0 Å². The Labute approximate surface area is 94.7 Å². The average molecular weight is 235 g/mol. The van der Waals surface area contributed by atoms with Gasteiger partial charge in [0.2, 0.25) is 0 Å². The summed E-state index contributed by atoms with van der Waals surface area (Å²) in [5, 5.41) is 3.42. The molecule has 0 fully saturated rings. The second-order valence-corrected chi connectivity index (χ2v) is 7.67. The summed E-state index contributed by atoms with van der Waals surface area (Å²) in [6.07, 6.45) is 0.999. The first-order chi connectivity index (χ1) is 6.89. The Morgan fingerprint density at radius 1 is 1.00 bits per heavy atom. The van der Waals surface area contributed by atoms with Crippen LogP contribution < -0.4 is 5.32 Å². The minimum absolute atomic E-state index is 0.164. The molecule has 0 spiro atoms. The van der Waals surface area contributed by atoms with Crippen molar-refractivity contribution in [1.29, 1.82) is 0 Å². The summed E-state index contributed by atoms with van der Waals surface area (Å²) in [6.45, 7) is 7.41. The van der Waals surface area contributed by atoms with E-state index in [-0.39, 0.29) is 5.54 Å². The third-order valence-corrected chi connectivity index (χ3v) is 5.08. The summed E-state index contributed by atoms with van der Waals surface area (Å²) in [5.41, 5.74) is 0.164. The second-order valence-electron chi connectivity index (χ2n) is 4.58. The third-order valence-electron chi connectivity index (χ3n) is 2.25. The van der Waals surface area contributed by atoms with Crippen molar-refractivity contribution < 1.29 is 13.3 Å². The minimum Gasteiger partial charge on any atom is -0.377 e. The largest absolute Gasteiger partial charge is 0.500 e. The zero-order valence-corrected chi connectivity index (χ0v) is 11.8. The molecule has 92 valence electrons. The van der Waals surface area contributed by atoms with Gasteiger partial charge in [0, 0.05) is 32.9 Å². The molecule has 0 saturated carbocycles. The summed E-state index contributed by atoms with van der Waals surface area (Å²) in [4.78, 5) is 0. The number of nitrogens with one attached hydrogen (secondary N) is 1. The van der Waals surface area contributed by atoms with Crippen molar-refractivity contribution in [2.45, 2.75) is 38.8 Å². The van der Waals surface area contributed by atoms with Crippen LogP contribution in [0, 0.1) is 0 Å². The Morgan fingerprint density at radius 3 is 1.80 bits per heavy atom. The lowest BCUT2D eigenvalue weighted by Gasteiger charge is -2.25. The van der Waals surface area contributed by atoms with E-state index in [0.717, 1.165) is 19.0 Å². The van der Waals surface area contributed by atoms with Crippen LogP contribution in [0.1, 0.15) is 27.2 Å². The quantitative estimate of drug-likeness (QED) is 0.538. The Balaban J connectivity index is 3.82. The maximum atomic E-state index is 5.34. The van der Waals surface area contributed by atoms with E-state index in [9.17, 15) is 0 Å².